The molecule has 0 bridgehead atoms. The Hall–Kier alpha value is -0.120. The fourth-order valence-corrected chi connectivity index (χ4v) is 2.46. The Morgan fingerprint density at radius 2 is 1.87 bits per heavy atom. The van der Waals surface area contributed by atoms with Gasteiger partial charge < -0.3 is 14.2 Å². The molecule has 15 heavy (non-hydrogen) atoms. The Morgan fingerprint density at radius 1 is 1.20 bits per heavy atom. The molecule has 1 saturated carbocycles. The van der Waals surface area contributed by atoms with Crippen molar-refractivity contribution in [2.75, 3.05) is 26.4 Å². The summed E-state index contributed by atoms with van der Waals surface area (Å²) in [6, 6.07) is 0. The second-order valence-corrected chi connectivity index (χ2v) is 4.63. The van der Waals surface area contributed by atoms with Gasteiger partial charge in [0.05, 0.1) is 13.2 Å². The van der Waals surface area contributed by atoms with E-state index in [1.807, 2.05) is 0 Å². The Balaban J connectivity index is 1.67. The predicted molar refractivity (Wildman–Crippen MR) is 57.7 cm³/mol. The van der Waals surface area contributed by atoms with Crippen molar-refractivity contribution in [3.05, 3.63) is 0 Å². The summed E-state index contributed by atoms with van der Waals surface area (Å²) in [5.41, 5.74) is 0. The van der Waals surface area contributed by atoms with Crippen molar-refractivity contribution in [2.24, 2.45) is 5.92 Å². The molecule has 2 aliphatic rings. The van der Waals surface area contributed by atoms with Crippen molar-refractivity contribution in [2.45, 2.75) is 44.8 Å². The highest BCUT2D eigenvalue weighted by Crippen LogP contribution is 2.38. The van der Waals surface area contributed by atoms with Crippen molar-refractivity contribution in [1.29, 1.82) is 0 Å². The van der Waals surface area contributed by atoms with Gasteiger partial charge in [0.1, 0.15) is 0 Å². The first-order valence-corrected chi connectivity index (χ1v) is 6.20. The molecule has 0 unspecified atom stereocenters. The van der Waals surface area contributed by atoms with Gasteiger partial charge in [-0.3, -0.25) is 0 Å². The molecule has 3 nitrogen and oxygen atoms in total. The Kier molecular flexibility index (Phi) is 4.00. The highest BCUT2D eigenvalue weighted by molar-refractivity contribution is 4.82. The molecule has 0 N–H and O–H groups in total. The van der Waals surface area contributed by atoms with Crippen LogP contribution in [0.1, 0.15) is 39.0 Å². The second-order valence-electron chi connectivity index (χ2n) is 4.63. The summed E-state index contributed by atoms with van der Waals surface area (Å²) in [6.45, 7) is 5.52. The highest BCUT2D eigenvalue weighted by atomic mass is 16.7. The Labute approximate surface area is 92.1 Å². The highest BCUT2D eigenvalue weighted by Gasteiger charge is 2.40. The van der Waals surface area contributed by atoms with E-state index in [-0.39, 0.29) is 5.79 Å². The topological polar surface area (TPSA) is 27.7 Å². The molecule has 3 heteroatoms. The van der Waals surface area contributed by atoms with Gasteiger partial charge >= 0.3 is 0 Å². The average molecular weight is 214 g/mol. The van der Waals surface area contributed by atoms with Crippen LogP contribution in [0, 0.1) is 5.92 Å². The molecular weight excluding hydrogens is 192 g/mol. The average Bonchev–Trinajstić information content (AvgIpc) is 2.71. The van der Waals surface area contributed by atoms with Gasteiger partial charge in [0, 0.05) is 26.1 Å². The molecule has 1 aliphatic heterocycles. The number of ether oxygens (including phenoxy) is 3. The van der Waals surface area contributed by atoms with Crippen LogP contribution in [0.4, 0.5) is 0 Å². The van der Waals surface area contributed by atoms with Crippen LogP contribution in [-0.4, -0.2) is 32.2 Å². The fraction of sp³-hybridized carbons (Fsp3) is 1.00. The number of hydrogen-bond donors (Lipinski definition) is 0. The van der Waals surface area contributed by atoms with Crippen LogP contribution in [-0.2, 0) is 14.2 Å². The van der Waals surface area contributed by atoms with Crippen LogP contribution in [0.2, 0.25) is 0 Å². The monoisotopic (exact) mass is 214 g/mol. The first-order chi connectivity index (χ1) is 7.35. The Morgan fingerprint density at radius 3 is 2.47 bits per heavy atom. The van der Waals surface area contributed by atoms with Crippen LogP contribution in [0.3, 0.4) is 0 Å². The van der Waals surface area contributed by atoms with Crippen LogP contribution >= 0.6 is 0 Å². The summed E-state index contributed by atoms with van der Waals surface area (Å²) in [6.07, 6.45) is 5.58. The van der Waals surface area contributed by atoms with Crippen LogP contribution in [0.25, 0.3) is 0 Å². The zero-order valence-electron chi connectivity index (χ0n) is 9.67. The van der Waals surface area contributed by atoms with Crippen molar-refractivity contribution in [3.8, 4) is 0 Å². The van der Waals surface area contributed by atoms with Crippen molar-refractivity contribution < 1.29 is 14.2 Å². The number of hydrogen-bond acceptors (Lipinski definition) is 3. The minimum Gasteiger partial charge on any atom is -0.381 e. The lowest BCUT2D eigenvalue weighted by molar-refractivity contribution is -0.184. The summed E-state index contributed by atoms with van der Waals surface area (Å²) in [4.78, 5) is 0. The molecule has 0 atom stereocenters. The van der Waals surface area contributed by atoms with E-state index in [1.165, 1.54) is 12.8 Å². The van der Waals surface area contributed by atoms with E-state index in [1.54, 1.807) is 0 Å². The molecule has 0 amide bonds. The fourth-order valence-electron chi connectivity index (χ4n) is 2.46. The molecule has 1 aliphatic carbocycles. The standard InChI is InChI=1S/C12H22O3/c1-2-7-13-10-11-3-5-12(6-4-11)14-8-9-15-12/h11H,2-10H2,1H3. The van der Waals surface area contributed by atoms with Gasteiger partial charge in [0.2, 0.25) is 0 Å². The first-order valence-electron chi connectivity index (χ1n) is 6.20. The van der Waals surface area contributed by atoms with Gasteiger partial charge in [-0.1, -0.05) is 6.92 Å². The van der Waals surface area contributed by atoms with Crippen LogP contribution in [0.15, 0.2) is 0 Å². The third kappa shape index (κ3) is 2.92. The SMILES string of the molecule is CCCOCC1CCC2(CC1)OCCO2. The molecule has 1 heterocycles. The maximum Gasteiger partial charge on any atom is 0.168 e. The summed E-state index contributed by atoms with van der Waals surface area (Å²) in [5, 5.41) is 0. The van der Waals surface area contributed by atoms with E-state index in [0.717, 1.165) is 51.6 Å². The van der Waals surface area contributed by atoms with E-state index in [0.29, 0.717) is 0 Å². The third-order valence-electron chi connectivity index (χ3n) is 3.38. The van der Waals surface area contributed by atoms with E-state index in [9.17, 15) is 0 Å². The molecule has 0 aromatic heterocycles. The second kappa shape index (κ2) is 5.28. The van der Waals surface area contributed by atoms with Gasteiger partial charge in [-0.25, -0.2) is 0 Å². The summed E-state index contributed by atoms with van der Waals surface area (Å²) in [5.74, 6) is 0.510. The van der Waals surface area contributed by atoms with Crippen LogP contribution in [0.5, 0.6) is 0 Å². The van der Waals surface area contributed by atoms with E-state index in [2.05, 4.69) is 6.92 Å². The largest absolute Gasteiger partial charge is 0.381 e. The lowest BCUT2D eigenvalue weighted by atomic mass is 9.85. The molecular formula is C12H22O3. The Bertz CT molecular complexity index is 177. The smallest absolute Gasteiger partial charge is 0.168 e. The summed E-state index contributed by atoms with van der Waals surface area (Å²) in [7, 11) is 0. The summed E-state index contributed by atoms with van der Waals surface area (Å²) < 4.78 is 17.0. The lowest BCUT2D eigenvalue weighted by Crippen LogP contribution is -2.36. The zero-order chi connectivity index (χ0) is 10.6. The van der Waals surface area contributed by atoms with Crippen molar-refractivity contribution in [3.63, 3.8) is 0 Å². The zero-order valence-corrected chi connectivity index (χ0v) is 9.67. The van der Waals surface area contributed by atoms with Gasteiger partial charge in [-0.15, -0.1) is 0 Å². The lowest BCUT2D eigenvalue weighted by Gasteiger charge is -2.35. The number of rotatable bonds is 4. The maximum atomic E-state index is 5.69. The van der Waals surface area contributed by atoms with Crippen molar-refractivity contribution in [1.82, 2.24) is 0 Å². The van der Waals surface area contributed by atoms with E-state index < -0.39 is 0 Å². The van der Waals surface area contributed by atoms with Crippen molar-refractivity contribution >= 4 is 0 Å². The third-order valence-corrected chi connectivity index (χ3v) is 3.38. The van der Waals surface area contributed by atoms with Crippen LogP contribution < -0.4 is 0 Å². The van der Waals surface area contributed by atoms with E-state index >= 15 is 0 Å². The minimum absolute atomic E-state index is 0.207. The molecule has 0 aromatic rings. The molecule has 1 saturated heterocycles. The molecule has 2 fully saturated rings. The molecule has 0 aromatic carbocycles. The maximum absolute atomic E-state index is 5.69. The van der Waals surface area contributed by atoms with Gasteiger partial charge in [0.15, 0.2) is 5.79 Å². The summed E-state index contributed by atoms with van der Waals surface area (Å²) >= 11 is 0. The predicted octanol–water partition coefficient (Wildman–Crippen LogP) is 2.35. The minimum atomic E-state index is -0.207. The normalized spacial score (nSPS) is 26.2. The molecule has 1 spiro atoms. The quantitative estimate of drug-likeness (QED) is 0.672. The van der Waals surface area contributed by atoms with Gasteiger partial charge in [-0.05, 0) is 25.2 Å². The first kappa shape index (κ1) is 11.4. The van der Waals surface area contributed by atoms with Gasteiger partial charge in [-0.2, -0.15) is 0 Å². The molecule has 0 radical (unpaired) electrons. The van der Waals surface area contributed by atoms with Gasteiger partial charge in [0.25, 0.3) is 0 Å². The molecule has 88 valence electrons. The molecule has 2 rings (SSSR count). The van der Waals surface area contributed by atoms with E-state index in [4.69, 9.17) is 14.2 Å².